The van der Waals surface area contributed by atoms with Crippen LogP contribution in [-0.2, 0) is 5.41 Å². The largest absolute Gasteiger partial charge is 0.397 e. The van der Waals surface area contributed by atoms with Crippen LogP contribution in [0.1, 0.15) is 30.5 Å². The molecule has 1 heterocycles. The molecule has 1 aromatic carbocycles. The van der Waals surface area contributed by atoms with Crippen LogP contribution in [0.3, 0.4) is 0 Å². The number of nitrogens with two attached hydrogens (primary N) is 1. The Labute approximate surface area is 121 Å². The van der Waals surface area contributed by atoms with E-state index >= 15 is 0 Å². The Hall–Kier alpha value is -2.03. The van der Waals surface area contributed by atoms with Gasteiger partial charge in [0.15, 0.2) is 0 Å². The second-order valence-electron chi connectivity index (χ2n) is 5.98. The van der Waals surface area contributed by atoms with Crippen molar-refractivity contribution in [1.29, 1.82) is 0 Å². The lowest BCUT2D eigenvalue weighted by molar-refractivity contribution is 0.552. The summed E-state index contributed by atoms with van der Waals surface area (Å²) in [7, 11) is 0. The van der Waals surface area contributed by atoms with Gasteiger partial charge in [0.1, 0.15) is 5.82 Å². The Morgan fingerprint density at radius 3 is 2.50 bits per heavy atom. The van der Waals surface area contributed by atoms with Gasteiger partial charge in [-0.05, 0) is 36.6 Å². The summed E-state index contributed by atoms with van der Waals surface area (Å²) >= 11 is 0. The van der Waals surface area contributed by atoms with Gasteiger partial charge >= 0.3 is 0 Å². The van der Waals surface area contributed by atoms with Gasteiger partial charge in [-0.25, -0.2) is 4.98 Å². The first-order valence-corrected chi connectivity index (χ1v) is 6.92. The molecule has 0 atom stereocenters. The highest BCUT2D eigenvalue weighted by Crippen LogP contribution is 2.26. The van der Waals surface area contributed by atoms with E-state index in [-0.39, 0.29) is 5.41 Å². The average molecular weight is 269 g/mol. The Kier molecular flexibility index (Phi) is 3.98. The first-order valence-electron chi connectivity index (χ1n) is 6.92. The number of pyridine rings is 1. The maximum Gasteiger partial charge on any atom is 0.126 e. The summed E-state index contributed by atoms with van der Waals surface area (Å²) in [5.41, 5.74) is 10.3. The molecule has 106 valence electrons. The van der Waals surface area contributed by atoms with E-state index in [1.807, 2.05) is 13.0 Å². The lowest BCUT2D eigenvalue weighted by atomic mass is 9.82. The van der Waals surface area contributed by atoms with Crippen molar-refractivity contribution in [2.45, 2.75) is 33.1 Å². The Balaban J connectivity index is 2.13. The molecule has 1 aromatic heterocycles. The predicted molar refractivity (Wildman–Crippen MR) is 86.1 cm³/mol. The van der Waals surface area contributed by atoms with E-state index in [4.69, 9.17) is 5.73 Å². The van der Waals surface area contributed by atoms with E-state index in [9.17, 15) is 0 Å². The van der Waals surface area contributed by atoms with Crippen molar-refractivity contribution in [3.8, 4) is 0 Å². The zero-order chi connectivity index (χ0) is 14.8. The van der Waals surface area contributed by atoms with Crippen molar-refractivity contribution in [2.75, 3.05) is 17.6 Å². The van der Waals surface area contributed by atoms with E-state index in [1.165, 1.54) is 11.1 Å². The fourth-order valence-corrected chi connectivity index (χ4v) is 2.40. The summed E-state index contributed by atoms with van der Waals surface area (Å²) in [6.07, 6.45) is 1.71. The van der Waals surface area contributed by atoms with Crippen LogP contribution < -0.4 is 11.1 Å². The third-order valence-electron chi connectivity index (χ3n) is 3.74. The number of nitrogen functional groups attached to an aromatic ring is 1. The van der Waals surface area contributed by atoms with Crippen LogP contribution in [0.25, 0.3) is 0 Å². The number of nitrogens with zero attached hydrogens (tertiary/aromatic N) is 1. The Bertz CT molecular complexity index is 603. The molecule has 2 aromatic rings. The number of nitrogens with one attached hydrogen (secondary N) is 1. The van der Waals surface area contributed by atoms with E-state index in [1.54, 1.807) is 6.20 Å². The molecule has 0 fully saturated rings. The SMILES string of the molecule is Cc1cc(NCC(C)(C)c2ccccc2C)ncc1N. The molecule has 0 aliphatic carbocycles. The lowest BCUT2D eigenvalue weighted by Crippen LogP contribution is -2.28. The molecule has 0 aliphatic rings. The van der Waals surface area contributed by atoms with Crippen molar-refractivity contribution in [3.05, 3.63) is 53.2 Å². The molecule has 0 spiro atoms. The van der Waals surface area contributed by atoms with Crippen molar-refractivity contribution >= 4 is 11.5 Å². The van der Waals surface area contributed by atoms with Gasteiger partial charge in [0.05, 0.1) is 11.9 Å². The molecule has 0 radical (unpaired) electrons. The highest BCUT2D eigenvalue weighted by Gasteiger charge is 2.22. The maximum atomic E-state index is 5.79. The molecule has 0 saturated carbocycles. The lowest BCUT2D eigenvalue weighted by Gasteiger charge is -2.27. The Morgan fingerprint density at radius 2 is 1.85 bits per heavy atom. The van der Waals surface area contributed by atoms with Crippen LogP contribution in [0.5, 0.6) is 0 Å². The minimum atomic E-state index is 0.0440. The van der Waals surface area contributed by atoms with Crippen LogP contribution in [0, 0.1) is 13.8 Å². The summed E-state index contributed by atoms with van der Waals surface area (Å²) in [6, 6.07) is 10.5. The van der Waals surface area contributed by atoms with Crippen LogP contribution in [0.15, 0.2) is 36.5 Å². The zero-order valence-electron chi connectivity index (χ0n) is 12.7. The Morgan fingerprint density at radius 1 is 1.15 bits per heavy atom. The summed E-state index contributed by atoms with van der Waals surface area (Å²) in [6.45, 7) is 9.46. The van der Waals surface area contributed by atoms with E-state index in [2.05, 4.69) is 55.3 Å². The minimum absolute atomic E-state index is 0.0440. The van der Waals surface area contributed by atoms with E-state index < -0.39 is 0 Å². The predicted octanol–water partition coefficient (Wildman–Crippen LogP) is 3.67. The van der Waals surface area contributed by atoms with Gasteiger partial charge in [-0.2, -0.15) is 0 Å². The van der Waals surface area contributed by atoms with Gasteiger partial charge in [0, 0.05) is 12.0 Å². The molecule has 0 bridgehead atoms. The standard InChI is InChI=1S/C17H23N3/c1-12-7-5-6-8-14(12)17(3,4)11-20-16-9-13(2)15(18)10-19-16/h5-10H,11,18H2,1-4H3,(H,19,20). The van der Waals surface area contributed by atoms with Crippen molar-refractivity contribution < 1.29 is 0 Å². The first-order chi connectivity index (χ1) is 9.40. The van der Waals surface area contributed by atoms with Gasteiger partial charge in [0.25, 0.3) is 0 Å². The third kappa shape index (κ3) is 3.10. The highest BCUT2D eigenvalue weighted by atomic mass is 15.0. The zero-order valence-corrected chi connectivity index (χ0v) is 12.7. The summed E-state index contributed by atoms with van der Waals surface area (Å²) in [5, 5.41) is 3.41. The second-order valence-corrected chi connectivity index (χ2v) is 5.98. The summed E-state index contributed by atoms with van der Waals surface area (Å²) in [4.78, 5) is 4.32. The van der Waals surface area contributed by atoms with Gasteiger partial charge in [-0.15, -0.1) is 0 Å². The topological polar surface area (TPSA) is 50.9 Å². The monoisotopic (exact) mass is 269 g/mol. The molecule has 3 heteroatoms. The summed E-state index contributed by atoms with van der Waals surface area (Å²) < 4.78 is 0. The number of benzene rings is 1. The van der Waals surface area contributed by atoms with Crippen molar-refractivity contribution in [3.63, 3.8) is 0 Å². The number of hydrogen-bond acceptors (Lipinski definition) is 3. The number of hydrogen-bond donors (Lipinski definition) is 2. The molecule has 0 saturated heterocycles. The van der Waals surface area contributed by atoms with Crippen LogP contribution in [0.4, 0.5) is 11.5 Å². The fraction of sp³-hybridized carbons (Fsp3) is 0.353. The molecule has 0 unspecified atom stereocenters. The number of aromatic nitrogens is 1. The molecule has 2 rings (SSSR count). The van der Waals surface area contributed by atoms with Gasteiger partial charge in [0.2, 0.25) is 0 Å². The van der Waals surface area contributed by atoms with E-state index in [0.29, 0.717) is 0 Å². The van der Waals surface area contributed by atoms with Gasteiger partial charge in [-0.1, -0.05) is 38.1 Å². The van der Waals surface area contributed by atoms with Crippen molar-refractivity contribution in [2.24, 2.45) is 0 Å². The van der Waals surface area contributed by atoms with Crippen LogP contribution in [0.2, 0.25) is 0 Å². The first kappa shape index (κ1) is 14.4. The molecule has 0 amide bonds. The second kappa shape index (κ2) is 5.53. The molecule has 3 nitrogen and oxygen atoms in total. The van der Waals surface area contributed by atoms with E-state index in [0.717, 1.165) is 23.6 Å². The normalized spacial score (nSPS) is 11.4. The van der Waals surface area contributed by atoms with Gasteiger partial charge in [-0.3, -0.25) is 0 Å². The third-order valence-corrected chi connectivity index (χ3v) is 3.74. The number of aryl methyl sites for hydroxylation is 2. The molecule has 3 N–H and O–H groups in total. The smallest absolute Gasteiger partial charge is 0.126 e. The quantitative estimate of drug-likeness (QED) is 0.890. The number of rotatable bonds is 4. The maximum absolute atomic E-state index is 5.79. The molecule has 0 aliphatic heterocycles. The fourth-order valence-electron chi connectivity index (χ4n) is 2.40. The molecular weight excluding hydrogens is 246 g/mol. The van der Waals surface area contributed by atoms with Crippen LogP contribution in [-0.4, -0.2) is 11.5 Å². The molecule has 20 heavy (non-hydrogen) atoms. The minimum Gasteiger partial charge on any atom is -0.397 e. The van der Waals surface area contributed by atoms with Gasteiger partial charge < -0.3 is 11.1 Å². The molecular formula is C17H23N3. The van der Waals surface area contributed by atoms with Crippen LogP contribution >= 0.6 is 0 Å². The number of anilines is 2. The van der Waals surface area contributed by atoms with Crippen molar-refractivity contribution in [1.82, 2.24) is 4.98 Å². The summed E-state index contributed by atoms with van der Waals surface area (Å²) in [5.74, 6) is 0.873. The average Bonchev–Trinajstić information content (AvgIpc) is 2.40. The highest BCUT2D eigenvalue weighted by molar-refractivity contribution is 5.51.